The zero-order valence-corrected chi connectivity index (χ0v) is 8.28. The van der Waals surface area contributed by atoms with Crippen LogP contribution in [-0.4, -0.2) is 19.0 Å². The molecule has 14 heavy (non-hydrogen) atoms. The van der Waals surface area contributed by atoms with Crippen molar-refractivity contribution in [2.45, 2.75) is 0 Å². The number of amides is 1. The van der Waals surface area contributed by atoms with Crippen LogP contribution in [0.1, 0.15) is 5.56 Å². The summed E-state index contributed by atoms with van der Waals surface area (Å²) in [6.07, 6.45) is -0.734. The number of ether oxygens (including phenoxy) is 1. The van der Waals surface area contributed by atoms with E-state index >= 15 is 0 Å². The van der Waals surface area contributed by atoms with Gasteiger partial charge in [-0.2, -0.15) is 4.99 Å². The second-order valence-corrected chi connectivity index (χ2v) is 2.91. The summed E-state index contributed by atoms with van der Waals surface area (Å²) in [7, 11) is 1.23. The van der Waals surface area contributed by atoms with E-state index in [-0.39, 0.29) is 5.84 Å². The van der Waals surface area contributed by atoms with Gasteiger partial charge in [-0.05, 0) is 12.1 Å². The molecule has 0 atom stereocenters. The molecule has 0 fully saturated rings. The summed E-state index contributed by atoms with van der Waals surface area (Å²) in [6, 6.07) is 6.74. The molecule has 0 aliphatic rings. The maximum atomic E-state index is 10.8. The van der Waals surface area contributed by atoms with E-state index in [0.717, 1.165) is 0 Å². The van der Waals surface area contributed by atoms with E-state index in [1.54, 1.807) is 24.3 Å². The highest BCUT2D eigenvalue weighted by Crippen LogP contribution is 2.10. The lowest BCUT2D eigenvalue weighted by molar-refractivity contribution is 0.182. The van der Waals surface area contributed by atoms with Crippen LogP contribution in [0.3, 0.4) is 0 Å². The molecular weight excluding hydrogens is 204 g/mol. The monoisotopic (exact) mass is 212 g/mol. The quantitative estimate of drug-likeness (QED) is 0.570. The highest BCUT2D eigenvalue weighted by atomic mass is 35.5. The fraction of sp³-hybridized carbons (Fsp3) is 0.111. The second kappa shape index (κ2) is 4.62. The van der Waals surface area contributed by atoms with Gasteiger partial charge in [0, 0.05) is 10.6 Å². The van der Waals surface area contributed by atoms with Gasteiger partial charge in [0.05, 0.1) is 7.11 Å². The molecule has 2 N–H and O–H groups in total. The maximum Gasteiger partial charge on any atom is 0.435 e. The van der Waals surface area contributed by atoms with Gasteiger partial charge in [0.1, 0.15) is 5.84 Å². The highest BCUT2D eigenvalue weighted by molar-refractivity contribution is 6.31. The van der Waals surface area contributed by atoms with Crippen LogP contribution >= 0.6 is 11.6 Å². The van der Waals surface area contributed by atoms with Crippen molar-refractivity contribution >= 4 is 23.5 Å². The molecule has 4 nitrogen and oxygen atoms in total. The topological polar surface area (TPSA) is 64.7 Å². The SMILES string of the molecule is COC(=O)N=C(N)c1cccc(Cl)c1. The van der Waals surface area contributed by atoms with Crippen molar-refractivity contribution in [3.8, 4) is 0 Å². The predicted octanol–water partition coefficient (Wildman–Crippen LogP) is 1.81. The number of hydrogen-bond acceptors (Lipinski definition) is 2. The second-order valence-electron chi connectivity index (χ2n) is 2.48. The molecule has 0 aliphatic carbocycles. The minimum Gasteiger partial charge on any atom is -0.451 e. The standard InChI is InChI=1S/C9H9ClN2O2/c1-14-9(13)12-8(11)6-3-2-4-7(10)5-6/h2-5H,1H3,(H2,11,12,13). The number of methoxy groups -OCH3 is 1. The van der Waals surface area contributed by atoms with Gasteiger partial charge in [0.15, 0.2) is 0 Å². The fourth-order valence-electron chi connectivity index (χ4n) is 0.856. The number of hydrogen-bond donors (Lipinski definition) is 1. The molecule has 1 aromatic rings. The molecule has 0 saturated carbocycles. The number of carbonyl (C=O) groups excluding carboxylic acids is 1. The van der Waals surface area contributed by atoms with Gasteiger partial charge < -0.3 is 10.5 Å². The van der Waals surface area contributed by atoms with Crippen molar-refractivity contribution in [1.82, 2.24) is 0 Å². The van der Waals surface area contributed by atoms with Gasteiger partial charge in [-0.3, -0.25) is 0 Å². The van der Waals surface area contributed by atoms with Crippen LogP contribution in [0.15, 0.2) is 29.3 Å². The van der Waals surface area contributed by atoms with Gasteiger partial charge in [0.2, 0.25) is 0 Å². The van der Waals surface area contributed by atoms with Crippen LogP contribution in [0.25, 0.3) is 0 Å². The number of rotatable bonds is 1. The van der Waals surface area contributed by atoms with E-state index in [9.17, 15) is 4.79 Å². The molecule has 0 saturated heterocycles. The third-order valence-electron chi connectivity index (χ3n) is 1.51. The summed E-state index contributed by atoms with van der Waals surface area (Å²) in [4.78, 5) is 14.2. The van der Waals surface area contributed by atoms with E-state index in [1.807, 2.05) is 0 Å². The Bertz CT molecular complexity index is 377. The summed E-state index contributed by atoms with van der Waals surface area (Å²) >= 11 is 5.73. The molecule has 0 spiro atoms. The fourth-order valence-corrected chi connectivity index (χ4v) is 1.05. The number of carbonyl (C=O) groups is 1. The van der Waals surface area contributed by atoms with Gasteiger partial charge in [-0.1, -0.05) is 23.7 Å². The van der Waals surface area contributed by atoms with Gasteiger partial charge in [-0.25, -0.2) is 4.79 Å². The van der Waals surface area contributed by atoms with E-state index in [0.29, 0.717) is 10.6 Å². The maximum absolute atomic E-state index is 10.8. The van der Waals surface area contributed by atoms with Crippen molar-refractivity contribution in [2.24, 2.45) is 10.7 Å². The first-order valence-corrected chi connectivity index (χ1v) is 4.19. The van der Waals surface area contributed by atoms with E-state index < -0.39 is 6.09 Å². The minimum absolute atomic E-state index is 0.0827. The smallest absolute Gasteiger partial charge is 0.435 e. The minimum atomic E-state index is -0.734. The Labute approximate surface area is 86.3 Å². The molecule has 0 radical (unpaired) electrons. The number of nitrogens with two attached hydrogens (primary N) is 1. The van der Waals surface area contributed by atoms with Crippen molar-refractivity contribution in [3.05, 3.63) is 34.9 Å². The number of amidine groups is 1. The number of benzene rings is 1. The normalized spacial score (nSPS) is 11.1. The average molecular weight is 213 g/mol. The van der Waals surface area contributed by atoms with Crippen molar-refractivity contribution in [1.29, 1.82) is 0 Å². The van der Waals surface area contributed by atoms with Crippen molar-refractivity contribution in [3.63, 3.8) is 0 Å². The molecule has 0 heterocycles. The molecule has 1 amide bonds. The largest absolute Gasteiger partial charge is 0.451 e. The molecule has 74 valence electrons. The number of nitrogens with zero attached hydrogens (tertiary/aromatic N) is 1. The van der Waals surface area contributed by atoms with Crippen LogP contribution in [0.2, 0.25) is 5.02 Å². The van der Waals surface area contributed by atoms with Gasteiger partial charge in [-0.15, -0.1) is 0 Å². The molecule has 0 bridgehead atoms. The summed E-state index contributed by atoms with van der Waals surface area (Å²) in [6.45, 7) is 0. The van der Waals surface area contributed by atoms with Crippen molar-refractivity contribution in [2.75, 3.05) is 7.11 Å². The number of aliphatic imine (C=N–C) groups is 1. The third-order valence-corrected chi connectivity index (χ3v) is 1.74. The van der Waals surface area contributed by atoms with Crippen LogP contribution in [-0.2, 0) is 4.74 Å². The molecular formula is C9H9ClN2O2. The zero-order valence-electron chi connectivity index (χ0n) is 7.53. The first-order chi connectivity index (χ1) is 6.63. The molecule has 0 aliphatic heterocycles. The highest BCUT2D eigenvalue weighted by Gasteiger charge is 2.02. The van der Waals surface area contributed by atoms with Crippen LogP contribution in [0.5, 0.6) is 0 Å². The Morgan fingerprint density at radius 3 is 2.86 bits per heavy atom. The zero-order chi connectivity index (χ0) is 10.6. The first-order valence-electron chi connectivity index (χ1n) is 3.81. The molecule has 5 heteroatoms. The molecule has 0 aromatic heterocycles. The van der Waals surface area contributed by atoms with Crippen molar-refractivity contribution < 1.29 is 9.53 Å². The molecule has 1 rings (SSSR count). The summed E-state index contributed by atoms with van der Waals surface area (Å²) in [5.74, 6) is 0.0827. The van der Waals surface area contributed by atoms with E-state index in [1.165, 1.54) is 7.11 Å². The lowest BCUT2D eigenvalue weighted by Crippen LogP contribution is -2.15. The van der Waals surface area contributed by atoms with E-state index in [2.05, 4.69) is 9.73 Å². The Morgan fingerprint density at radius 2 is 2.29 bits per heavy atom. The van der Waals surface area contributed by atoms with E-state index in [4.69, 9.17) is 17.3 Å². The Morgan fingerprint density at radius 1 is 1.57 bits per heavy atom. The summed E-state index contributed by atoms with van der Waals surface area (Å²) in [5.41, 5.74) is 6.12. The van der Waals surface area contributed by atoms with Crippen LogP contribution in [0, 0.1) is 0 Å². The lowest BCUT2D eigenvalue weighted by Gasteiger charge is -1.99. The third kappa shape index (κ3) is 2.74. The van der Waals surface area contributed by atoms with Crippen LogP contribution < -0.4 is 5.73 Å². The average Bonchev–Trinajstić information content (AvgIpc) is 2.17. The summed E-state index contributed by atoms with van der Waals surface area (Å²) in [5, 5.41) is 0.533. The lowest BCUT2D eigenvalue weighted by atomic mass is 10.2. The first kappa shape index (κ1) is 10.5. The van der Waals surface area contributed by atoms with Crippen LogP contribution in [0.4, 0.5) is 4.79 Å². The Hall–Kier alpha value is -1.55. The Kier molecular flexibility index (Phi) is 3.48. The Balaban J connectivity index is 2.94. The van der Waals surface area contributed by atoms with Gasteiger partial charge >= 0.3 is 6.09 Å². The molecule has 1 aromatic carbocycles. The number of halogens is 1. The predicted molar refractivity (Wildman–Crippen MR) is 54.6 cm³/mol. The summed E-state index contributed by atoms with van der Waals surface area (Å²) < 4.78 is 4.33. The molecule has 0 unspecified atom stereocenters. The van der Waals surface area contributed by atoms with Gasteiger partial charge in [0.25, 0.3) is 0 Å².